The van der Waals surface area contributed by atoms with E-state index in [1.54, 1.807) is 0 Å². The van der Waals surface area contributed by atoms with Crippen molar-refractivity contribution in [2.75, 3.05) is 5.75 Å². The highest BCUT2D eigenvalue weighted by Crippen LogP contribution is 2.20. The predicted molar refractivity (Wildman–Crippen MR) is 68.9 cm³/mol. The van der Waals surface area contributed by atoms with Crippen LogP contribution in [0.3, 0.4) is 0 Å². The quantitative estimate of drug-likeness (QED) is 0.650. The molecule has 0 bridgehead atoms. The summed E-state index contributed by atoms with van der Waals surface area (Å²) in [5.74, 6) is -5.89. The molecular weight excluding hydrogens is 308 g/mol. The lowest BCUT2D eigenvalue weighted by Crippen LogP contribution is -2.43. The number of hydrogen-bond donors (Lipinski definition) is 3. The van der Waals surface area contributed by atoms with Gasteiger partial charge in [0.15, 0.2) is 11.6 Å². The maximum absolute atomic E-state index is 12.9. The molecule has 0 unspecified atom stereocenters. The minimum atomic E-state index is -1.54. The van der Waals surface area contributed by atoms with Gasteiger partial charge in [-0.3, -0.25) is 9.59 Å². The number of carboxylic acids is 2. The van der Waals surface area contributed by atoms with Crippen molar-refractivity contribution in [1.82, 2.24) is 5.32 Å². The molecule has 1 rings (SSSR count). The molecule has 1 atom stereocenters. The van der Waals surface area contributed by atoms with E-state index >= 15 is 0 Å². The van der Waals surface area contributed by atoms with Crippen LogP contribution in [-0.4, -0.2) is 39.9 Å². The molecule has 6 nitrogen and oxygen atoms in total. The average Bonchev–Trinajstić information content (AvgIpc) is 2.38. The number of carboxylic acid groups (broad SMARTS) is 2. The minimum absolute atomic E-state index is 0.255. The standard InChI is InChI=1S/C12H11F2NO5S/c13-7-2-1-6(3-8(7)14)21-5-10(16)15-9(12(19)20)4-11(17)18/h1-3,9H,4-5H2,(H,15,16)(H,17,18)(H,19,20)/t9-/m1/s1. The third-order valence-electron chi connectivity index (χ3n) is 2.27. The summed E-state index contributed by atoms with van der Waals surface area (Å²) >= 11 is 0.865. The molecule has 21 heavy (non-hydrogen) atoms. The van der Waals surface area contributed by atoms with Crippen molar-refractivity contribution in [3.8, 4) is 0 Å². The number of thioether (sulfide) groups is 1. The molecule has 0 saturated carbocycles. The summed E-state index contributed by atoms with van der Waals surface area (Å²) in [5, 5.41) is 19.3. The Hall–Kier alpha value is -2.16. The lowest BCUT2D eigenvalue weighted by atomic mass is 10.2. The number of nitrogens with one attached hydrogen (secondary N) is 1. The minimum Gasteiger partial charge on any atom is -0.481 e. The van der Waals surface area contributed by atoms with E-state index in [9.17, 15) is 23.2 Å². The molecule has 1 aromatic rings. The zero-order chi connectivity index (χ0) is 16.0. The van der Waals surface area contributed by atoms with Gasteiger partial charge in [-0.2, -0.15) is 0 Å². The summed E-state index contributed by atoms with van der Waals surface area (Å²) < 4.78 is 25.6. The van der Waals surface area contributed by atoms with Crippen molar-refractivity contribution in [2.45, 2.75) is 17.4 Å². The molecular formula is C12H11F2NO5S. The molecule has 3 N–H and O–H groups in total. The van der Waals surface area contributed by atoms with Gasteiger partial charge in [-0.15, -0.1) is 11.8 Å². The van der Waals surface area contributed by atoms with Crippen LogP contribution in [0.2, 0.25) is 0 Å². The first-order chi connectivity index (χ1) is 9.79. The van der Waals surface area contributed by atoms with E-state index in [0.29, 0.717) is 0 Å². The normalized spacial score (nSPS) is 11.7. The first-order valence-electron chi connectivity index (χ1n) is 5.61. The van der Waals surface area contributed by atoms with E-state index in [1.807, 2.05) is 5.32 Å². The van der Waals surface area contributed by atoms with Crippen LogP contribution in [-0.2, 0) is 14.4 Å². The van der Waals surface area contributed by atoms with Crippen LogP contribution in [0.4, 0.5) is 8.78 Å². The summed E-state index contributed by atoms with van der Waals surface area (Å²) in [5.41, 5.74) is 0. The number of amides is 1. The Morgan fingerprint density at radius 2 is 1.86 bits per heavy atom. The molecule has 9 heteroatoms. The van der Waals surface area contributed by atoms with Crippen LogP contribution in [0.25, 0.3) is 0 Å². The number of carbonyl (C=O) groups is 3. The van der Waals surface area contributed by atoms with Gasteiger partial charge in [0.2, 0.25) is 5.91 Å². The molecule has 0 saturated heterocycles. The summed E-state index contributed by atoms with van der Waals surface area (Å²) in [7, 11) is 0. The van der Waals surface area contributed by atoms with Crippen LogP contribution >= 0.6 is 11.8 Å². The Labute approximate surface area is 122 Å². The fourth-order valence-corrected chi connectivity index (χ4v) is 2.06. The van der Waals surface area contributed by atoms with Crippen LogP contribution in [0.15, 0.2) is 23.1 Å². The second kappa shape index (κ2) is 7.58. The molecule has 0 spiro atoms. The van der Waals surface area contributed by atoms with Crippen molar-refractivity contribution in [1.29, 1.82) is 0 Å². The number of halogens is 2. The van der Waals surface area contributed by atoms with Gasteiger partial charge in [-0.1, -0.05) is 0 Å². The van der Waals surface area contributed by atoms with Crippen LogP contribution < -0.4 is 5.32 Å². The number of hydrogen-bond acceptors (Lipinski definition) is 4. The highest BCUT2D eigenvalue weighted by atomic mass is 32.2. The highest BCUT2D eigenvalue weighted by Gasteiger charge is 2.22. The Kier molecular flexibility index (Phi) is 6.10. The van der Waals surface area contributed by atoms with E-state index in [4.69, 9.17) is 10.2 Å². The maximum atomic E-state index is 12.9. The highest BCUT2D eigenvalue weighted by molar-refractivity contribution is 8.00. The first kappa shape index (κ1) is 16.9. The van der Waals surface area contributed by atoms with Gasteiger partial charge < -0.3 is 15.5 Å². The van der Waals surface area contributed by atoms with Crippen molar-refractivity contribution >= 4 is 29.6 Å². The Morgan fingerprint density at radius 1 is 1.19 bits per heavy atom. The van der Waals surface area contributed by atoms with E-state index in [2.05, 4.69) is 0 Å². The smallest absolute Gasteiger partial charge is 0.326 e. The number of aliphatic carboxylic acids is 2. The van der Waals surface area contributed by atoms with Crippen molar-refractivity contribution in [3.05, 3.63) is 29.8 Å². The van der Waals surface area contributed by atoms with E-state index < -0.39 is 41.9 Å². The van der Waals surface area contributed by atoms with Crippen molar-refractivity contribution < 1.29 is 33.4 Å². The SMILES string of the molecule is O=C(O)C[C@@H](NC(=O)CSc1ccc(F)c(F)c1)C(=O)O. The third-order valence-corrected chi connectivity index (χ3v) is 3.27. The van der Waals surface area contributed by atoms with E-state index in [0.717, 1.165) is 23.9 Å². The van der Waals surface area contributed by atoms with Crippen LogP contribution in [0.1, 0.15) is 6.42 Å². The van der Waals surface area contributed by atoms with Gasteiger partial charge in [0, 0.05) is 4.90 Å². The zero-order valence-corrected chi connectivity index (χ0v) is 11.3. The van der Waals surface area contributed by atoms with Gasteiger partial charge >= 0.3 is 11.9 Å². The molecule has 0 aliphatic carbocycles. The molecule has 0 aromatic heterocycles. The lowest BCUT2D eigenvalue weighted by molar-refractivity contribution is -0.147. The molecule has 1 amide bonds. The molecule has 0 fully saturated rings. The van der Waals surface area contributed by atoms with E-state index in [1.165, 1.54) is 6.07 Å². The summed E-state index contributed by atoms with van der Waals surface area (Å²) in [6, 6.07) is 1.53. The van der Waals surface area contributed by atoms with Crippen LogP contribution in [0.5, 0.6) is 0 Å². The summed E-state index contributed by atoms with van der Waals surface area (Å²) in [6.45, 7) is 0. The van der Waals surface area contributed by atoms with Gasteiger partial charge in [0.05, 0.1) is 12.2 Å². The molecule has 0 heterocycles. The van der Waals surface area contributed by atoms with E-state index in [-0.39, 0.29) is 10.6 Å². The Balaban J connectivity index is 2.54. The molecule has 0 aliphatic rings. The van der Waals surface area contributed by atoms with Gasteiger partial charge in [0.1, 0.15) is 6.04 Å². The average molecular weight is 319 g/mol. The fraction of sp³-hybridized carbons (Fsp3) is 0.250. The zero-order valence-electron chi connectivity index (χ0n) is 10.5. The second-order valence-corrected chi connectivity index (χ2v) is 4.97. The second-order valence-electron chi connectivity index (χ2n) is 3.92. The largest absolute Gasteiger partial charge is 0.481 e. The molecule has 1 aromatic carbocycles. The predicted octanol–water partition coefficient (Wildman–Crippen LogP) is 1.10. The molecule has 0 aliphatic heterocycles. The van der Waals surface area contributed by atoms with Crippen molar-refractivity contribution in [2.24, 2.45) is 0 Å². The third kappa shape index (κ3) is 5.78. The fourth-order valence-electron chi connectivity index (χ4n) is 1.33. The molecule has 0 radical (unpaired) electrons. The van der Waals surface area contributed by atoms with Gasteiger partial charge in [-0.05, 0) is 18.2 Å². The van der Waals surface area contributed by atoms with Crippen LogP contribution in [0, 0.1) is 11.6 Å². The maximum Gasteiger partial charge on any atom is 0.326 e. The lowest BCUT2D eigenvalue weighted by Gasteiger charge is -2.12. The topological polar surface area (TPSA) is 104 Å². The monoisotopic (exact) mass is 319 g/mol. The first-order valence-corrected chi connectivity index (χ1v) is 6.60. The molecule has 114 valence electrons. The Bertz CT molecular complexity index is 567. The number of carbonyl (C=O) groups excluding carboxylic acids is 1. The number of benzene rings is 1. The van der Waals surface area contributed by atoms with Gasteiger partial charge in [0.25, 0.3) is 0 Å². The number of rotatable bonds is 7. The summed E-state index contributed by atoms with van der Waals surface area (Å²) in [6.07, 6.45) is -0.753. The summed E-state index contributed by atoms with van der Waals surface area (Å²) in [4.78, 5) is 33.0. The Morgan fingerprint density at radius 3 is 2.38 bits per heavy atom. The van der Waals surface area contributed by atoms with Crippen molar-refractivity contribution in [3.63, 3.8) is 0 Å². The van der Waals surface area contributed by atoms with Gasteiger partial charge in [-0.25, -0.2) is 13.6 Å².